The highest BCUT2D eigenvalue weighted by Gasteiger charge is 2.13. The molecule has 0 amide bonds. The number of benzene rings is 2. The lowest BCUT2D eigenvalue weighted by Gasteiger charge is -2.04. The van der Waals surface area contributed by atoms with Crippen molar-refractivity contribution in [1.82, 2.24) is 0 Å². The van der Waals surface area contributed by atoms with Crippen molar-refractivity contribution in [1.29, 1.82) is 5.26 Å². The van der Waals surface area contributed by atoms with Gasteiger partial charge in [-0.1, -0.05) is 18.2 Å². The summed E-state index contributed by atoms with van der Waals surface area (Å²) in [5, 5.41) is 9.38. The van der Waals surface area contributed by atoms with E-state index in [1.165, 1.54) is 0 Å². The third kappa shape index (κ3) is 2.67. The number of methoxy groups -OCH3 is 1. The first-order valence-corrected chi connectivity index (χ1v) is 6.46. The number of nitrogens with zero attached hydrogens (tertiary/aromatic N) is 1. The summed E-state index contributed by atoms with van der Waals surface area (Å²) in [4.78, 5) is 0. The maximum atomic E-state index is 9.38. The molecule has 0 fully saturated rings. The summed E-state index contributed by atoms with van der Waals surface area (Å²) >= 11 is 0. The van der Waals surface area contributed by atoms with E-state index in [1.54, 1.807) is 7.11 Å². The third-order valence-electron chi connectivity index (χ3n) is 3.21. The molecule has 0 aromatic heterocycles. The summed E-state index contributed by atoms with van der Waals surface area (Å²) < 4.78 is 15.8. The highest BCUT2D eigenvalue weighted by atomic mass is 16.7. The van der Waals surface area contributed by atoms with Gasteiger partial charge in [-0.3, -0.25) is 0 Å². The maximum absolute atomic E-state index is 9.38. The van der Waals surface area contributed by atoms with Crippen LogP contribution < -0.4 is 14.2 Å². The Balaban J connectivity index is 1.97. The Hall–Kier alpha value is -2.93. The van der Waals surface area contributed by atoms with E-state index in [0.29, 0.717) is 11.3 Å². The lowest BCUT2D eigenvalue weighted by atomic mass is 10.0. The van der Waals surface area contributed by atoms with E-state index < -0.39 is 0 Å². The van der Waals surface area contributed by atoms with Crippen LogP contribution in [-0.4, -0.2) is 13.9 Å². The smallest absolute Gasteiger partial charge is 0.231 e. The van der Waals surface area contributed by atoms with Crippen LogP contribution in [0.25, 0.3) is 11.6 Å². The molecule has 0 saturated carbocycles. The van der Waals surface area contributed by atoms with Gasteiger partial charge >= 0.3 is 0 Å². The number of ether oxygens (including phenoxy) is 3. The fourth-order valence-electron chi connectivity index (χ4n) is 2.14. The first-order valence-electron chi connectivity index (χ1n) is 6.46. The van der Waals surface area contributed by atoms with Crippen molar-refractivity contribution >= 4 is 11.6 Å². The molecule has 1 aliphatic heterocycles. The molecule has 0 atom stereocenters. The molecule has 0 radical (unpaired) electrons. The molecular formula is C17H13NO3. The molecule has 2 aromatic rings. The molecule has 1 heterocycles. The fraction of sp³-hybridized carbons (Fsp3) is 0.118. The second-order valence-corrected chi connectivity index (χ2v) is 4.51. The van der Waals surface area contributed by atoms with Crippen molar-refractivity contribution in [3.63, 3.8) is 0 Å². The number of allylic oxidation sites excluding steroid dienone is 1. The molecule has 1 aliphatic rings. The molecule has 0 N–H and O–H groups in total. The summed E-state index contributed by atoms with van der Waals surface area (Å²) in [6.45, 7) is 0.240. The second kappa shape index (κ2) is 5.59. The largest absolute Gasteiger partial charge is 0.497 e. The van der Waals surface area contributed by atoms with E-state index in [9.17, 15) is 5.26 Å². The van der Waals surface area contributed by atoms with Crippen molar-refractivity contribution in [2.45, 2.75) is 0 Å². The summed E-state index contributed by atoms with van der Waals surface area (Å²) in [6, 6.07) is 15.2. The zero-order chi connectivity index (χ0) is 14.7. The molecule has 0 unspecified atom stereocenters. The molecular weight excluding hydrogens is 266 g/mol. The predicted molar refractivity (Wildman–Crippen MR) is 79.0 cm³/mol. The van der Waals surface area contributed by atoms with E-state index >= 15 is 0 Å². The Kier molecular flexibility index (Phi) is 3.48. The van der Waals surface area contributed by atoms with Crippen molar-refractivity contribution < 1.29 is 14.2 Å². The van der Waals surface area contributed by atoms with Crippen LogP contribution in [0.3, 0.4) is 0 Å². The maximum Gasteiger partial charge on any atom is 0.231 e. The minimum Gasteiger partial charge on any atom is -0.497 e. The van der Waals surface area contributed by atoms with Crippen LogP contribution in [0.4, 0.5) is 0 Å². The molecule has 4 nitrogen and oxygen atoms in total. The van der Waals surface area contributed by atoms with Gasteiger partial charge < -0.3 is 14.2 Å². The van der Waals surface area contributed by atoms with Crippen LogP contribution in [0, 0.1) is 11.3 Å². The predicted octanol–water partition coefficient (Wildman–Crippen LogP) is 3.49. The Morgan fingerprint density at radius 1 is 1.19 bits per heavy atom. The average molecular weight is 279 g/mol. The number of rotatable bonds is 3. The molecule has 4 heteroatoms. The van der Waals surface area contributed by atoms with Crippen molar-refractivity contribution in [3.8, 4) is 23.3 Å². The molecule has 2 aromatic carbocycles. The van der Waals surface area contributed by atoms with Crippen molar-refractivity contribution in [2.24, 2.45) is 0 Å². The van der Waals surface area contributed by atoms with Gasteiger partial charge in [-0.15, -0.1) is 0 Å². The van der Waals surface area contributed by atoms with Gasteiger partial charge in [0.15, 0.2) is 11.5 Å². The SMILES string of the molecule is COc1cccc(/C(C#N)=C/c2ccc3c(c2)OCO3)c1. The van der Waals surface area contributed by atoms with Crippen LogP contribution in [0.1, 0.15) is 11.1 Å². The average Bonchev–Trinajstić information content (AvgIpc) is 3.00. The molecule has 0 bridgehead atoms. The standard InChI is InChI=1S/C17H13NO3/c1-19-15-4-2-3-13(9-15)14(10-18)7-12-5-6-16-17(8-12)21-11-20-16/h2-9H,11H2,1H3/b14-7+. The quantitative estimate of drug-likeness (QED) is 0.637. The van der Waals surface area contributed by atoms with E-state index in [0.717, 1.165) is 22.6 Å². The molecule has 0 spiro atoms. The normalized spacial score (nSPS) is 12.9. The van der Waals surface area contributed by atoms with E-state index in [4.69, 9.17) is 14.2 Å². The first kappa shape index (κ1) is 13.1. The van der Waals surface area contributed by atoms with E-state index in [1.807, 2.05) is 48.5 Å². The summed E-state index contributed by atoms with van der Waals surface area (Å²) in [5.41, 5.74) is 2.26. The highest BCUT2D eigenvalue weighted by Crippen LogP contribution is 2.33. The molecule has 21 heavy (non-hydrogen) atoms. The Bertz CT molecular complexity index is 744. The van der Waals surface area contributed by atoms with Gasteiger partial charge in [0.1, 0.15) is 5.75 Å². The van der Waals surface area contributed by atoms with Crippen LogP contribution in [-0.2, 0) is 0 Å². The third-order valence-corrected chi connectivity index (χ3v) is 3.21. The van der Waals surface area contributed by atoms with Gasteiger partial charge in [-0.05, 0) is 41.5 Å². The Morgan fingerprint density at radius 2 is 2.05 bits per heavy atom. The van der Waals surface area contributed by atoms with Gasteiger partial charge in [-0.2, -0.15) is 5.26 Å². The van der Waals surface area contributed by atoms with Gasteiger partial charge in [0.25, 0.3) is 0 Å². The zero-order valence-corrected chi connectivity index (χ0v) is 11.5. The molecule has 0 saturated heterocycles. The van der Waals surface area contributed by atoms with Gasteiger partial charge in [-0.25, -0.2) is 0 Å². The van der Waals surface area contributed by atoms with Gasteiger partial charge in [0.05, 0.1) is 18.8 Å². The second-order valence-electron chi connectivity index (χ2n) is 4.51. The summed E-state index contributed by atoms with van der Waals surface area (Å²) in [5.74, 6) is 2.15. The Labute approximate surface area is 122 Å². The van der Waals surface area contributed by atoms with Crippen molar-refractivity contribution in [3.05, 3.63) is 53.6 Å². The van der Waals surface area contributed by atoms with E-state index in [-0.39, 0.29) is 6.79 Å². The van der Waals surface area contributed by atoms with Crippen LogP contribution >= 0.6 is 0 Å². The first-order chi connectivity index (χ1) is 10.3. The fourth-order valence-corrected chi connectivity index (χ4v) is 2.14. The molecule has 104 valence electrons. The number of hydrogen-bond donors (Lipinski definition) is 0. The summed E-state index contributed by atoms with van der Waals surface area (Å²) in [6.07, 6.45) is 1.82. The topological polar surface area (TPSA) is 51.5 Å². The van der Waals surface area contributed by atoms with Crippen LogP contribution in [0.5, 0.6) is 17.2 Å². The highest BCUT2D eigenvalue weighted by molar-refractivity contribution is 5.90. The van der Waals surface area contributed by atoms with Crippen molar-refractivity contribution in [2.75, 3.05) is 13.9 Å². The monoisotopic (exact) mass is 279 g/mol. The van der Waals surface area contributed by atoms with Gasteiger partial charge in [0, 0.05) is 0 Å². The number of nitriles is 1. The minimum atomic E-state index is 0.240. The van der Waals surface area contributed by atoms with Crippen LogP contribution in [0.2, 0.25) is 0 Å². The Morgan fingerprint density at radius 3 is 2.86 bits per heavy atom. The lowest BCUT2D eigenvalue weighted by molar-refractivity contribution is 0.174. The summed E-state index contributed by atoms with van der Waals surface area (Å²) in [7, 11) is 1.60. The van der Waals surface area contributed by atoms with E-state index in [2.05, 4.69) is 6.07 Å². The minimum absolute atomic E-state index is 0.240. The zero-order valence-electron chi connectivity index (χ0n) is 11.5. The number of fused-ring (bicyclic) bond motifs is 1. The van der Waals surface area contributed by atoms with Crippen LogP contribution in [0.15, 0.2) is 42.5 Å². The lowest BCUT2D eigenvalue weighted by Crippen LogP contribution is -1.92. The molecule has 3 rings (SSSR count). The van der Waals surface area contributed by atoms with Gasteiger partial charge in [0.2, 0.25) is 6.79 Å². The molecule has 0 aliphatic carbocycles. The number of hydrogen-bond acceptors (Lipinski definition) is 4.